The zero-order valence-electron chi connectivity index (χ0n) is 14.2. The van der Waals surface area contributed by atoms with Gasteiger partial charge in [0.25, 0.3) is 0 Å². The van der Waals surface area contributed by atoms with Crippen LogP contribution >= 0.6 is 0 Å². The second-order valence-electron chi connectivity index (χ2n) is 6.16. The van der Waals surface area contributed by atoms with Crippen molar-refractivity contribution in [3.05, 3.63) is 35.5 Å². The Labute approximate surface area is 148 Å². The average Bonchev–Trinajstić information content (AvgIpc) is 2.95. The summed E-state index contributed by atoms with van der Waals surface area (Å²) in [5, 5.41) is 9.63. The van der Waals surface area contributed by atoms with Crippen LogP contribution in [0.3, 0.4) is 0 Å². The monoisotopic (exact) mass is 368 g/mol. The van der Waals surface area contributed by atoms with E-state index < -0.39 is 18.8 Å². The summed E-state index contributed by atoms with van der Waals surface area (Å²) in [7, 11) is 0. The van der Waals surface area contributed by atoms with Crippen LogP contribution in [0.2, 0.25) is 0 Å². The Hall–Kier alpha value is -2.71. The van der Waals surface area contributed by atoms with Crippen molar-refractivity contribution in [2.75, 3.05) is 17.2 Å². The Bertz CT molecular complexity index is 778. The first-order chi connectivity index (χ1) is 12.3. The number of aryl methyl sites for hydroxylation is 3. The summed E-state index contributed by atoms with van der Waals surface area (Å²) < 4.78 is 43.3. The van der Waals surface area contributed by atoms with Gasteiger partial charge < -0.3 is 10.1 Å². The van der Waals surface area contributed by atoms with E-state index in [4.69, 9.17) is 4.74 Å². The number of amides is 2. The highest BCUT2D eigenvalue weighted by atomic mass is 19.4. The molecule has 6 nitrogen and oxygen atoms in total. The lowest BCUT2D eigenvalue weighted by atomic mass is 10.1. The molecule has 1 aliphatic heterocycles. The number of benzene rings is 1. The predicted octanol–water partition coefficient (Wildman–Crippen LogP) is 4.11. The van der Waals surface area contributed by atoms with E-state index in [0.717, 1.165) is 31.5 Å². The van der Waals surface area contributed by atoms with Crippen LogP contribution < -0.4 is 15.4 Å². The number of anilines is 2. The van der Waals surface area contributed by atoms with Crippen molar-refractivity contribution >= 4 is 17.5 Å². The third-order valence-corrected chi connectivity index (χ3v) is 3.98. The maximum atomic E-state index is 12.2. The molecule has 0 aliphatic carbocycles. The highest BCUT2D eigenvalue weighted by Crippen LogP contribution is 2.25. The molecule has 0 saturated heterocycles. The molecule has 2 N–H and O–H groups in total. The molecule has 26 heavy (non-hydrogen) atoms. The summed E-state index contributed by atoms with van der Waals surface area (Å²) >= 11 is 0. The van der Waals surface area contributed by atoms with Crippen molar-refractivity contribution in [1.82, 2.24) is 9.78 Å². The molecule has 0 saturated carbocycles. The number of carbonyl (C=O) groups is 1. The topological polar surface area (TPSA) is 68.2 Å². The standard InChI is InChI=1S/C17H19F3N4O2/c1-11-8-12(5-6-14(11)26-10-17(18,19)20)21-16(25)22-15-9-13-4-2-3-7-24(13)23-15/h5-6,8-9H,2-4,7,10H2,1H3,(H2,21,22,23,25). The van der Waals surface area contributed by atoms with Gasteiger partial charge in [0, 0.05) is 24.0 Å². The van der Waals surface area contributed by atoms with Gasteiger partial charge in [0.1, 0.15) is 5.75 Å². The Morgan fingerprint density at radius 2 is 2.08 bits per heavy atom. The zero-order valence-corrected chi connectivity index (χ0v) is 14.2. The summed E-state index contributed by atoms with van der Waals surface area (Å²) in [5.41, 5.74) is 2.03. The third kappa shape index (κ3) is 4.68. The van der Waals surface area contributed by atoms with E-state index in [1.54, 1.807) is 13.0 Å². The van der Waals surface area contributed by atoms with Crippen molar-refractivity contribution in [3.8, 4) is 5.75 Å². The largest absolute Gasteiger partial charge is 0.484 e. The van der Waals surface area contributed by atoms with Crippen molar-refractivity contribution < 1.29 is 22.7 Å². The molecule has 1 aromatic heterocycles. The molecule has 0 spiro atoms. The number of hydrogen-bond acceptors (Lipinski definition) is 3. The number of urea groups is 1. The SMILES string of the molecule is Cc1cc(NC(=O)Nc2cc3n(n2)CCCC3)ccc1OCC(F)(F)F. The van der Waals surface area contributed by atoms with Gasteiger partial charge in [0.05, 0.1) is 0 Å². The van der Waals surface area contributed by atoms with Gasteiger partial charge in [0.15, 0.2) is 12.4 Å². The summed E-state index contributed by atoms with van der Waals surface area (Å²) in [6.07, 6.45) is -1.27. The molecule has 1 aromatic carbocycles. The first-order valence-corrected chi connectivity index (χ1v) is 8.25. The van der Waals surface area contributed by atoms with E-state index >= 15 is 0 Å². The number of hydrogen-bond donors (Lipinski definition) is 2. The minimum atomic E-state index is -4.40. The number of nitrogens with one attached hydrogen (secondary N) is 2. The fraction of sp³-hybridized carbons (Fsp3) is 0.412. The molecule has 0 radical (unpaired) electrons. The maximum Gasteiger partial charge on any atom is 0.422 e. The minimum Gasteiger partial charge on any atom is -0.484 e. The molecule has 2 amide bonds. The van der Waals surface area contributed by atoms with Gasteiger partial charge >= 0.3 is 12.2 Å². The van der Waals surface area contributed by atoms with Gasteiger partial charge in [0.2, 0.25) is 0 Å². The van der Waals surface area contributed by atoms with Crippen molar-refractivity contribution in [2.45, 2.75) is 38.9 Å². The molecule has 0 unspecified atom stereocenters. The number of rotatable bonds is 4. The summed E-state index contributed by atoms with van der Waals surface area (Å²) in [4.78, 5) is 12.1. The normalized spacial score (nSPS) is 13.8. The van der Waals surface area contributed by atoms with E-state index in [0.29, 0.717) is 17.1 Å². The second-order valence-corrected chi connectivity index (χ2v) is 6.16. The Morgan fingerprint density at radius 1 is 1.27 bits per heavy atom. The van der Waals surface area contributed by atoms with Crippen LogP contribution in [-0.2, 0) is 13.0 Å². The van der Waals surface area contributed by atoms with Crippen LogP contribution in [-0.4, -0.2) is 28.6 Å². The number of ether oxygens (including phenoxy) is 1. The van der Waals surface area contributed by atoms with Crippen molar-refractivity contribution in [1.29, 1.82) is 0 Å². The Kier molecular flexibility index (Phi) is 5.06. The van der Waals surface area contributed by atoms with Crippen LogP contribution in [0.5, 0.6) is 5.75 Å². The Balaban J connectivity index is 1.58. The number of halogens is 3. The lowest BCUT2D eigenvalue weighted by molar-refractivity contribution is -0.153. The maximum absolute atomic E-state index is 12.2. The average molecular weight is 368 g/mol. The van der Waals surface area contributed by atoms with E-state index in [9.17, 15) is 18.0 Å². The molecule has 2 aromatic rings. The van der Waals surface area contributed by atoms with Crippen molar-refractivity contribution in [3.63, 3.8) is 0 Å². The summed E-state index contributed by atoms with van der Waals surface area (Å²) in [5.74, 6) is 0.594. The van der Waals surface area contributed by atoms with E-state index in [1.807, 2.05) is 10.7 Å². The van der Waals surface area contributed by atoms with Crippen LogP contribution in [0, 0.1) is 6.92 Å². The van der Waals surface area contributed by atoms with Crippen LogP contribution in [0.25, 0.3) is 0 Å². The second kappa shape index (κ2) is 7.27. The number of carbonyl (C=O) groups excluding carboxylic acids is 1. The van der Waals surface area contributed by atoms with Crippen molar-refractivity contribution in [2.24, 2.45) is 0 Å². The van der Waals surface area contributed by atoms with Crippen LogP contribution in [0.4, 0.5) is 29.5 Å². The fourth-order valence-electron chi connectivity index (χ4n) is 2.81. The number of alkyl halides is 3. The van der Waals surface area contributed by atoms with E-state index in [1.165, 1.54) is 12.1 Å². The molecule has 140 valence electrons. The van der Waals surface area contributed by atoms with E-state index in [-0.39, 0.29) is 5.75 Å². The smallest absolute Gasteiger partial charge is 0.422 e. The van der Waals surface area contributed by atoms with Crippen LogP contribution in [0.15, 0.2) is 24.3 Å². The molecule has 3 rings (SSSR count). The predicted molar refractivity (Wildman–Crippen MR) is 90.5 cm³/mol. The molecule has 9 heteroatoms. The number of fused-ring (bicyclic) bond motifs is 1. The molecule has 0 fully saturated rings. The lowest BCUT2D eigenvalue weighted by Crippen LogP contribution is -2.20. The fourth-order valence-corrected chi connectivity index (χ4v) is 2.81. The first-order valence-electron chi connectivity index (χ1n) is 8.25. The highest BCUT2D eigenvalue weighted by Gasteiger charge is 2.28. The molecular weight excluding hydrogens is 349 g/mol. The first kappa shape index (κ1) is 18.1. The highest BCUT2D eigenvalue weighted by molar-refractivity contribution is 5.99. The van der Waals surface area contributed by atoms with Gasteiger partial charge in [-0.1, -0.05) is 0 Å². The lowest BCUT2D eigenvalue weighted by Gasteiger charge is -2.13. The molecular formula is C17H19F3N4O2. The molecule has 1 aliphatic rings. The third-order valence-electron chi connectivity index (χ3n) is 3.98. The van der Waals surface area contributed by atoms with Gasteiger partial charge in [-0.15, -0.1) is 0 Å². The van der Waals surface area contributed by atoms with Gasteiger partial charge in [-0.3, -0.25) is 10.00 Å². The van der Waals surface area contributed by atoms with Gasteiger partial charge in [-0.05, 0) is 49.9 Å². The van der Waals surface area contributed by atoms with Gasteiger partial charge in [-0.25, -0.2) is 4.79 Å². The minimum absolute atomic E-state index is 0.120. The molecule has 0 atom stereocenters. The molecule has 0 bridgehead atoms. The van der Waals surface area contributed by atoms with Gasteiger partial charge in [-0.2, -0.15) is 18.3 Å². The number of aromatic nitrogens is 2. The molecule has 2 heterocycles. The quantitative estimate of drug-likeness (QED) is 0.853. The van der Waals surface area contributed by atoms with Crippen LogP contribution in [0.1, 0.15) is 24.1 Å². The summed E-state index contributed by atoms with van der Waals surface area (Å²) in [6.45, 7) is 1.10. The zero-order chi connectivity index (χ0) is 18.7. The Morgan fingerprint density at radius 3 is 2.77 bits per heavy atom. The van der Waals surface area contributed by atoms with E-state index in [2.05, 4.69) is 15.7 Å². The summed E-state index contributed by atoms with van der Waals surface area (Å²) in [6, 6.07) is 5.80. The number of nitrogens with zero attached hydrogens (tertiary/aromatic N) is 2.